The molecule has 9 heteroatoms. The van der Waals surface area contributed by atoms with Gasteiger partial charge in [-0.05, 0) is 32.2 Å². The molecule has 8 nitrogen and oxygen atoms in total. The lowest BCUT2D eigenvalue weighted by Gasteiger charge is -2.40. The number of likely N-dealkylation sites (tertiary alicyclic amines) is 1. The highest BCUT2D eigenvalue weighted by atomic mass is 32.2. The van der Waals surface area contributed by atoms with Crippen molar-refractivity contribution >= 4 is 26.8 Å². The van der Waals surface area contributed by atoms with Crippen LogP contribution in [0.4, 0.5) is 5.82 Å². The van der Waals surface area contributed by atoms with Gasteiger partial charge in [0.1, 0.15) is 10.7 Å². The fourth-order valence-electron chi connectivity index (χ4n) is 5.03. The van der Waals surface area contributed by atoms with Gasteiger partial charge in [0, 0.05) is 48.9 Å². The summed E-state index contributed by atoms with van der Waals surface area (Å²) in [5.41, 5.74) is 3.18. The summed E-state index contributed by atoms with van der Waals surface area (Å²) >= 11 is 0. The Bertz CT molecular complexity index is 1480. The van der Waals surface area contributed by atoms with Crippen LogP contribution < -0.4 is 9.08 Å². The first kappa shape index (κ1) is 21.1. The van der Waals surface area contributed by atoms with Gasteiger partial charge in [0.2, 0.25) is 0 Å². The number of aryl methyl sites for hydroxylation is 1. The molecule has 2 aromatic carbocycles. The summed E-state index contributed by atoms with van der Waals surface area (Å²) in [5.74, 6) is 1.75. The molecule has 2 fully saturated rings. The lowest BCUT2D eigenvalue weighted by atomic mass is 9.93. The molecule has 0 spiro atoms. The Hall–Kier alpha value is -3.43. The molecule has 0 amide bonds. The maximum atomic E-state index is 12.9. The molecule has 174 valence electrons. The monoisotopic (exact) mass is 475 g/mol. The van der Waals surface area contributed by atoms with Crippen molar-refractivity contribution in [2.24, 2.45) is 5.92 Å². The standard InChI is InChI=1S/C25H25N5O3S/c1-16-6-8-18(9-7-16)34(31,32)33-23-11-27-20-5-3-4-19(25(20)23)21-10-26-12-24(28-21)30-14-17-13-29(2)22(17)15-30/h3-12,17,22,27H,13-15H2,1-2H3/t17-,22-/m1/s1. The number of hydrogen-bond donors (Lipinski definition) is 1. The molecule has 0 radical (unpaired) electrons. The minimum atomic E-state index is -3.99. The predicted octanol–water partition coefficient (Wildman–Crippen LogP) is 3.45. The van der Waals surface area contributed by atoms with Gasteiger partial charge in [0.05, 0.1) is 23.5 Å². The summed E-state index contributed by atoms with van der Waals surface area (Å²) in [6, 6.07) is 12.9. The molecule has 4 heterocycles. The van der Waals surface area contributed by atoms with Crippen LogP contribution in [0.25, 0.3) is 22.2 Å². The Morgan fingerprint density at radius 1 is 1.06 bits per heavy atom. The third-order valence-electron chi connectivity index (χ3n) is 6.90. The molecule has 2 saturated heterocycles. The van der Waals surface area contributed by atoms with E-state index in [9.17, 15) is 8.42 Å². The fraction of sp³-hybridized carbons (Fsp3) is 0.280. The Morgan fingerprint density at radius 2 is 1.88 bits per heavy atom. The summed E-state index contributed by atoms with van der Waals surface area (Å²) in [7, 11) is -1.83. The molecule has 2 atom stereocenters. The number of rotatable bonds is 5. The zero-order chi connectivity index (χ0) is 23.4. The lowest BCUT2D eigenvalue weighted by molar-refractivity contribution is 0.0827. The van der Waals surface area contributed by atoms with Crippen LogP contribution in [-0.4, -0.2) is 61.0 Å². The molecule has 2 aliphatic heterocycles. The number of nitrogens with one attached hydrogen (secondary N) is 1. The van der Waals surface area contributed by atoms with Gasteiger partial charge in [-0.25, -0.2) is 4.98 Å². The molecule has 0 saturated carbocycles. The van der Waals surface area contributed by atoms with E-state index in [-0.39, 0.29) is 10.6 Å². The predicted molar refractivity (Wildman–Crippen MR) is 130 cm³/mol. The van der Waals surface area contributed by atoms with Gasteiger partial charge in [-0.1, -0.05) is 29.8 Å². The third kappa shape index (κ3) is 3.52. The summed E-state index contributed by atoms with van der Waals surface area (Å²) < 4.78 is 31.5. The first-order valence-corrected chi connectivity index (χ1v) is 12.7. The zero-order valence-corrected chi connectivity index (χ0v) is 19.8. The van der Waals surface area contributed by atoms with Crippen molar-refractivity contribution in [3.05, 3.63) is 66.6 Å². The van der Waals surface area contributed by atoms with Gasteiger partial charge in [-0.3, -0.25) is 4.98 Å². The number of nitrogens with zero attached hydrogens (tertiary/aromatic N) is 4. The third-order valence-corrected chi connectivity index (χ3v) is 8.14. The SMILES string of the molecule is Cc1ccc(S(=O)(=O)Oc2c[nH]c3cccc(-c4cncc(N5C[C@H]6CN(C)[C@@H]6C5)n4)c23)cc1. The van der Waals surface area contributed by atoms with Crippen molar-refractivity contribution in [2.75, 3.05) is 31.6 Å². The Kier molecular flexibility index (Phi) is 4.86. The lowest BCUT2D eigenvalue weighted by Crippen LogP contribution is -2.52. The highest BCUT2D eigenvalue weighted by Crippen LogP contribution is 2.37. The van der Waals surface area contributed by atoms with Crippen molar-refractivity contribution in [3.8, 4) is 17.0 Å². The van der Waals surface area contributed by atoms with Crippen LogP contribution in [0.3, 0.4) is 0 Å². The van der Waals surface area contributed by atoms with E-state index in [0.29, 0.717) is 23.0 Å². The van der Waals surface area contributed by atoms with Crippen LogP contribution >= 0.6 is 0 Å². The van der Waals surface area contributed by atoms with E-state index >= 15 is 0 Å². The second-order valence-corrected chi connectivity index (χ2v) is 10.7. The molecule has 1 N–H and O–H groups in total. The largest absolute Gasteiger partial charge is 0.377 e. The maximum Gasteiger partial charge on any atom is 0.339 e. The molecule has 2 aromatic heterocycles. The second-order valence-electron chi connectivity index (χ2n) is 9.17. The average Bonchev–Trinajstić information content (AvgIpc) is 3.40. The number of likely N-dealkylation sites (N-methyl/N-ethyl adjacent to an activating group) is 1. The van der Waals surface area contributed by atoms with Gasteiger partial charge in [0.15, 0.2) is 5.75 Å². The van der Waals surface area contributed by atoms with E-state index in [1.54, 1.807) is 42.9 Å². The van der Waals surface area contributed by atoms with E-state index in [1.807, 2.05) is 25.1 Å². The Labute approximate surface area is 198 Å². The number of aromatic amines is 1. The second kappa shape index (κ2) is 7.82. The number of aromatic nitrogens is 3. The molecule has 0 aliphatic carbocycles. The molecule has 0 unspecified atom stereocenters. The van der Waals surface area contributed by atoms with Gasteiger partial charge >= 0.3 is 10.1 Å². The van der Waals surface area contributed by atoms with Crippen molar-refractivity contribution in [1.29, 1.82) is 0 Å². The van der Waals surface area contributed by atoms with E-state index < -0.39 is 10.1 Å². The van der Waals surface area contributed by atoms with Crippen LogP contribution in [0.5, 0.6) is 5.75 Å². The fourth-order valence-corrected chi connectivity index (χ4v) is 5.96. The summed E-state index contributed by atoms with van der Waals surface area (Å²) in [6.45, 7) is 4.94. The molecule has 2 aliphatic rings. The molecular formula is C25H25N5O3S. The number of benzene rings is 2. The average molecular weight is 476 g/mol. The summed E-state index contributed by atoms with van der Waals surface area (Å²) in [5, 5.41) is 0.658. The maximum absolute atomic E-state index is 12.9. The minimum absolute atomic E-state index is 0.111. The molecular weight excluding hydrogens is 450 g/mol. The molecule has 34 heavy (non-hydrogen) atoms. The quantitative estimate of drug-likeness (QED) is 0.442. The minimum Gasteiger partial charge on any atom is -0.377 e. The smallest absolute Gasteiger partial charge is 0.339 e. The van der Waals surface area contributed by atoms with E-state index in [1.165, 1.54) is 0 Å². The highest BCUT2D eigenvalue weighted by molar-refractivity contribution is 7.87. The van der Waals surface area contributed by atoms with E-state index in [0.717, 1.165) is 42.1 Å². The van der Waals surface area contributed by atoms with E-state index in [2.05, 4.69) is 26.8 Å². The van der Waals surface area contributed by atoms with Crippen LogP contribution in [0.15, 0.2) is 66.0 Å². The first-order chi connectivity index (χ1) is 16.4. The van der Waals surface area contributed by atoms with Crippen LogP contribution in [0, 0.1) is 12.8 Å². The van der Waals surface area contributed by atoms with Crippen molar-refractivity contribution in [2.45, 2.75) is 17.9 Å². The first-order valence-electron chi connectivity index (χ1n) is 11.3. The van der Waals surface area contributed by atoms with Crippen LogP contribution in [0.1, 0.15) is 5.56 Å². The number of hydrogen-bond acceptors (Lipinski definition) is 7. The number of fused-ring (bicyclic) bond motifs is 2. The van der Waals surface area contributed by atoms with Crippen LogP contribution in [-0.2, 0) is 10.1 Å². The zero-order valence-electron chi connectivity index (χ0n) is 19.0. The topological polar surface area (TPSA) is 91.4 Å². The summed E-state index contributed by atoms with van der Waals surface area (Å²) in [4.78, 5) is 17.3. The van der Waals surface area contributed by atoms with Crippen LogP contribution in [0.2, 0.25) is 0 Å². The molecule has 0 bridgehead atoms. The van der Waals surface area contributed by atoms with Gasteiger partial charge in [-0.15, -0.1) is 0 Å². The van der Waals surface area contributed by atoms with E-state index in [4.69, 9.17) is 9.17 Å². The van der Waals surface area contributed by atoms with Crippen molar-refractivity contribution < 1.29 is 12.6 Å². The normalized spacial score (nSPS) is 20.4. The Morgan fingerprint density at radius 3 is 2.65 bits per heavy atom. The Balaban J connectivity index is 1.36. The number of H-pyrrole nitrogens is 1. The van der Waals surface area contributed by atoms with Gasteiger partial charge < -0.3 is 19.0 Å². The van der Waals surface area contributed by atoms with Crippen molar-refractivity contribution in [1.82, 2.24) is 19.9 Å². The highest BCUT2D eigenvalue weighted by Gasteiger charge is 2.43. The molecule has 4 aromatic rings. The van der Waals surface area contributed by atoms with Crippen molar-refractivity contribution in [3.63, 3.8) is 0 Å². The van der Waals surface area contributed by atoms with Gasteiger partial charge in [-0.2, -0.15) is 8.42 Å². The summed E-state index contributed by atoms with van der Waals surface area (Å²) in [6.07, 6.45) is 5.08. The van der Waals surface area contributed by atoms with Gasteiger partial charge in [0.25, 0.3) is 0 Å². The number of anilines is 1. The molecule has 6 rings (SSSR count).